The molecule has 1 aromatic rings. The molecule has 1 saturated carbocycles. The van der Waals surface area contributed by atoms with Gasteiger partial charge < -0.3 is 9.84 Å². The number of rotatable bonds is 4. The van der Waals surface area contributed by atoms with E-state index in [1.165, 1.54) is 25.3 Å². The van der Waals surface area contributed by atoms with Crippen LogP contribution in [0.1, 0.15) is 24.8 Å². The number of carbonyl (C=O) groups is 1. The molecule has 2 unspecified atom stereocenters. The van der Waals surface area contributed by atoms with Gasteiger partial charge in [0.05, 0.1) is 24.0 Å². The maximum atomic E-state index is 12.5. The third-order valence-corrected chi connectivity index (χ3v) is 5.68. The number of phenolic OH excluding ortho intramolecular Hbond substituents is 1. The SMILES string of the molecule is COC(=O)C1CCCC1S(=O)(=O)Nc1ccc(O)cc1C. The lowest BCUT2D eigenvalue weighted by Gasteiger charge is -2.20. The predicted octanol–water partition coefficient (Wildman–Crippen LogP) is 1.78. The average molecular weight is 313 g/mol. The fourth-order valence-corrected chi connectivity index (χ4v) is 4.55. The quantitative estimate of drug-likeness (QED) is 0.653. The Balaban J connectivity index is 2.23. The molecule has 0 heterocycles. The molecule has 116 valence electrons. The number of nitrogens with one attached hydrogen (secondary N) is 1. The van der Waals surface area contributed by atoms with Crippen molar-refractivity contribution in [3.8, 4) is 5.75 Å². The highest BCUT2D eigenvalue weighted by atomic mass is 32.2. The summed E-state index contributed by atoms with van der Waals surface area (Å²) in [5.74, 6) is -1.03. The highest BCUT2D eigenvalue weighted by Gasteiger charge is 2.42. The van der Waals surface area contributed by atoms with Crippen LogP contribution in [0.5, 0.6) is 5.75 Å². The number of carbonyl (C=O) groups excluding carboxylic acids is 1. The van der Waals surface area contributed by atoms with Gasteiger partial charge in [-0.2, -0.15) is 0 Å². The maximum Gasteiger partial charge on any atom is 0.310 e. The van der Waals surface area contributed by atoms with Crippen molar-refractivity contribution in [1.29, 1.82) is 0 Å². The van der Waals surface area contributed by atoms with Crippen molar-refractivity contribution in [3.63, 3.8) is 0 Å². The van der Waals surface area contributed by atoms with E-state index in [1.54, 1.807) is 6.92 Å². The molecular formula is C14H19NO5S. The van der Waals surface area contributed by atoms with Crippen LogP contribution in [0, 0.1) is 12.8 Å². The number of anilines is 1. The molecule has 7 heteroatoms. The molecule has 1 fully saturated rings. The van der Waals surface area contributed by atoms with Gasteiger partial charge in [-0.1, -0.05) is 6.42 Å². The zero-order chi connectivity index (χ0) is 15.6. The summed E-state index contributed by atoms with van der Waals surface area (Å²) in [5.41, 5.74) is 1.02. The van der Waals surface area contributed by atoms with Gasteiger partial charge in [-0.3, -0.25) is 9.52 Å². The Kier molecular flexibility index (Phi) is 4.41. The molecule has 2 atom stereocenters. The summed E-state index contributed by atoms with van der Waals surface area (Å²) in [6, 6.07) is 4.39. The molecule has 1 aliphatic carbocycles. The molecule has 0 spiro atoms. The summed E-state index contributed by atoms with van der Waals surface area (Å²) in [4.78, 5) is 11.7. The highest BCUT2D eigenvalue weighted by molar-refractivity contribution is 7.93. The van der Waals surface area contributed by atoms with Crippen molar-refractivity contribution in [2.24, 2.45) is 5.92 Å². The molecular weight excluding hydrogens is 294 g/mol. The minimum Gasteiger partial charge on any atom is -0.508 e. The van der Waals surface area contributed by atoms with E-state index < -0.39 is 27.2 Å². The van der Waals surface area contributed by atoms with Gasteiger partial charge in [-0.25, -0.2) is 8.42 Å². The largest absolute Gasteiger partial charge is 0.508 e. The molecule has 0 aliphatic heterocycles. The van der Waals surface area contributed by atoms with Crippen molar-refractivity contribution < 1.29 is 23.1 Å². The molecule has 6 nitrogen and oxygen atoms in total. The second-order valence-electron chi connectivity index (χ2n) is 5.25. The lowest BCUT2D eigenvalue weighted by molar-refractivity contribution is -0.145. The van der Waals surface area contributed by atoms with Crippen molar-refractivity contribution in [2.45, 2.75) is 31.4 Å². The number of methoxy groups -OCH3 is 1. The highest BCUT2D eigenvalue weighted by Crippen LogP contribution is 2.33. The maximum absolute atomic E-state index is 12.5. The van der Waals surface area contributed by atoms with Gasteiger partial charge in [0.15, 0.2) is 0 Å². The Morgan fingerprint density at radius 1 is 1.38 bits per heavy atom. The minimum absolute atomic E-state index is 0.0729. The topological polar surface area (TPSA) is 92.7 Å². The summed E-state index contributed by atoms with van der Waals surface area (Å²) < 4.78 is 32.2. The van der Waals surface area contributed by atoms with Crippen LogP contribution >= 0.6 is 0 Å². The molecule has 21 heavy (non-hydrogen) atoms. The van der Waals surface area contributed by atoms with Crippen LogP contribution in [0.3, 0.4) is 0 Å². The first kappa shape index (κ1) is 15.6. The summed E-state index contributed by atoms with van der Waals surface area (Å²) in [6.07, 6.45) is 1.64. The zero-order valence-electron chi connectivity index (χ0n) is 12.0. The number of benzene rings is 1. The number of ether oxygens (including phenoxy) is 1. The Morgan fingerprint density at radius 3 is 2.71 bits per heavy atom. The number of sulfonamides is 1. The first-order valence-corrected chi connectivity index (χ1v) is 8.29. The number of phenols is 1. The number of aromatic hydroxyl groups is 1. The molecule has 1 aliphatic rings. The summed E-state index contributed by atoms with van der Waals surface area (Å²) in [5, 5.41) is 8.58. The Morgan fingerprint density at radius 2 is 2.10 bits per heavy atom. The minimum atomic E-state index is -3.69. The van der Waals surface area contributed by atoms with E-state index in [0.717, 1.165) is 0 Å². The lowest BCUT2D eigenvalue weighted by atomic mass is 10.1. The third kappa shape index (κ3) is 3.29. The monoisotopic (exact) mass is 313 g/mol. The zero-order valence-corrected chi connectivity index (χ0v) is 12.8. The molecule has 0 amide bonds. The first-order chi connectivity index (χ1) is 9.85. The number of esters is 1. The summed E-state index contributed by atoms with van der Waals surface area (Å²) >= 11 is 0. The second-order valence-corrected chi connectivity index (χ2v) is 7.14. The second kappa shape index (κ2) is 5.93. The number of aryl methyl sites for hydroxylation is 1. The van der Waals surface area contributed by atoms with E-state index in [0.29, 0.717) is 30.5 Å². The molecule has 0 bridgehead atoms. The van der Waals surface area contributed by atoms with Gasteiger partial charge in [0.2, 0.25) is 10.0 Å². The molecule has 0 saturated heterocycles. The van der Waals surface area contributed by atoms with Gasteiger partial charge in [-0.15, -0.1) is 0 Å². The Hall–Kier alpha value is -1.76. The van der Waals surface area contributed by atoms with E-state index in [-0.39, 0.29) is 5.75 Å². The van der Waals surface area contributed by atoms with Gasteiger partial charge >= 0.3 is 5.97 Å². The fourth-order valence-electron chi connectivity index (χ4n) is 2.71. The van der Waals surface area contributed by atoms with Gasteiger partial charge in [0, 0.05) is 0 Å². The van der Waals surface area contributed by atoms with Crippen LogP contribution < -0.4 is 4.72 Å². The van der Waals surface area contributed by atoms with Crippen molar-refractivity contribution >= 4 is 21.7 Å². The van der Waals surface area contributed by atoms with Crippen molar-refractivity contribution in [1.82, 2.24) is 0 Å². The molecule has 2 rings (SSSR count). The Labute approximate surface area is 124 Å². The fraction of sp³-hybridized carbons (Fsp3) is 0.500. The van der Waals surface area contributed by atoms with Crippen LogP contribution in [0.15, 0.2) is 18.2 Å². The van der Waals surface area contributed by atoms with Crippen molar-refractivity contribution in [2.75, 3.05) is 11.8 Å². The number of hydrogen-bond acceptors (Lipinski definition) is 5. The van der Waals surface area contributed by atoms with E-state index in [9.17, 15) is 18.3 Å². The molecule has 0 radical (unpaired) electrons. The smallest absolute Gasteiger partial charge is 0.310 e. The normalized spacial score (nSPS) is 22.0. The standard InChI is InChI=1S/C14H19NO5S/c1-9-8-10(16)6-7-12(9)15-21(18,19)13-5-3-4-11(13)14(17)20-2/h6-8,11,13,15-16H,3-5H2,1-2H3. The van der Waals surface area contributed by atoms with Crippen LogP contribution in [0.25, 0.3) is 0 Å². The predicted molar refractivity (Wildman–Crippen MR) is 78.5 cm³/mol. The first-order valence-electron chi connectivity index (χ1n) is 6.74. The third-order valence-electron chi connectivity index (χ3n) is 3.82. The van der Waals surface area contributed by atoms with Crippen LogP contribution in [-0.2, 0) is 19.6 Å². The van der Waals surface area contributed by atoms with E-state index in [2.05, 4.69) is 9.46 Å². The number of hydrogen-bond donors (Lipinski definition) is 2. The Bertz CT molecular complexity index is 641. The molecule has 1 aromatic carbocycles. The lowest BCUT2D eigenvalue weighted by Crippen LogP contribution is -2.35. The summed E-state index contributed by atoms with van der Waals surface area (Å²) in [7, 11) is -2.42. The van der Waals surface area contributed by atoms with Gasteiger partial charge in [-0.05, 0) is 43.5 Å². The van der Waals surface area contributed by atoms with E-state index >= 15 is 0 Å². The van der Waals surface area contributed by atoms with Gasteiger partial charge in [0.1, 0.15) is 5.75 Å². The van der Waals surface area contributed by atoms with Crippen LogP contribution in [0.4, 0.5) is 5.69 Å². The molecule has 2 N–H and O–H groups in total. The van der Waals surface area contributed by atoms with Crippen LogP contribution in [-0.4, -0.2) is 31.9 Å². The van der Waals surface area contributed by atoms with E-state index in [1.807, 2.05) is 0 Å². The molecule has 0 aromatic heterocycles. The van der Waals surface area contributed by atoms with Crippen LogP contribution in [0.2, 0.25) is 0 Å². The average Bonchev–Trinajstić information content (AvgIpc) is 2.91. The summed E-state index contributed by atoms with van der Waals surface area (Å²) in [6.45, 7) is 1.70. The van der Waals surface area contributed by atoms with Gasteiger partial charge in [0.25, 0.3) is 0 Å². The van der Waals surface area contributed by atoms with E-state index in [4.69, 9.17) is 0 Å². The van der Waals surface area contributed by atoms with Crippen molar-refractivity contribution in [3.05, 3.63) is 23.8 Å².